The van der Waals surface area contributed by atoms with Crippen LogP contribution in [-0.4, -0.2) is 49.6 Å². The summed E-state index contributed by atoms with van der Waals surface area (Å²) in [4.78, 5) is 13.7. The van der Waals surface area contributed by atoms with Crippen molar-refractivity contribution in [3.05, 3.63) is 0 Å². The van der Waals surface area contributed by atoms with E-state index in [-0.39, 0.29) is 5.91 Å². The first-order valence-corrected chi connectivity index (χ1v) is 5.49. The van der Waals surface area contributed by atoms with Gasteiger partial charge in [0.25, 0.3) is 0 Å². The Morgan fingerprint density at radius 2 is 2.21 bits per heavy atom. The summed E-state index contributed by atoms with van der Waals surface area (Å²) in [5, 5.41) is 6.12. The van der Waals surface area contributed by atoms with Gasteiger partial charge in [-0.3, -0.25) is 9.69 Å². The molecule has 2 N–H and O–H groups in total. The van der Waals surface area contributed by atoms with Crippen molar-refractivity contribution >= 4 is 5.91 Å². The van der Waals surface area contributed by atoms with Crippen LogP contribution in [0.3, 0.4) is 0 Å². The first kappa shape index (κ1) is 11.5. The van der Waals surface area contributed by atoms with Crippen molar-refractivity contribution in [2.24, 2.45) is 0 Å². The van der Waals surface area contributed by atoms with Gasteiger partial charge in [0, 0.05) is 25.7 Å². The van der Waals surface area contributed by atoms with E-state index in [1.807, 2.05) is 0 Å². The monoisotopic (exact) mass is 199 g/mol. The molecule has 0 saturated carbocycles. The predicted octanol–water partition coefficient (Wildman–Crippen LogP) is -0.194. The second kappa shape index (κ2) is 5.98. The van der Waals surface area contributed by atoms with E-state index in [0.29, 0.717) is 12.6 Å². The van der Waals surface area contributed by atoms with Gasteiger partial charge in [-0.15, -0.1) is 0 Å². The van der Waals surface area contributed by atoms with Crippen molar-refractivity contribution in [1.29, 1.82) is 0 Å². The molecule has 0 aromatic heterocycles. The minimum absolute atomic E-state index is 0.153. The lowest BCUT2D eigenvalue weighted by Gasteiger charge is -2.37. The molecule has 1 aliphatic rings. The zero-order chi connectivity index (χ0) is 10.4. The van der Waals surface area contributed by atoms with Crippen LogP contribution in [-0.2, 0) is 4.79 Å². The van der Waals surface area contributed by atoms with E-state index in [4.69, 9.17) is 0 Å². The molecule has 0 unspecified atom stereocenters. The highest BCUT2D eigenvalue weighted by atomic mass is 16.2. The van der Waals surface area contributed by atoms with Gasteiger partial charge in [0.2, 0.25) is 5.91 Å². The smallest absolute Gasteiger partial charge is 0.234 e. The summed E-state index contributed by atoms with van der Waals surface area (Å²) in [6.45, 7) is 8.50. The molecular formula is C10H21N3O. The SMILES string of the molecule is CCCNC(=O)CN(CC)C1CNC1. The quantitative estimate of drug-likeness (QED) is 0.623. The van der Waals surface area contributed by atoms with Crippen LogP contribution in [0.1, 0.15) is 20.3 Å². The molecule has 0 spiro atoms. The molecule has 0 bridgehead atoms. The second-order valence-electron chi connectivity index (χ2n) is 3.73. The molecular weight excluding hydrogens is 178 g/mol. The summed E-state index contributed by atoms with van der Waals surface area (Å²) in [7, 11) is 0. The van der Waals surface area contributed by atoms with Crippen molar-refractivity contribution < 1.29 is 4.79 Å². The molecule has 82 valence electrons. The summed E-state index contributed by atoms with van der Waals surface area (Å²) in [6.07, 6.45) is 1.00. The maximum absolute atomic E-state index is 11.4. The molecule has 14 heavy (non-hydrogen) atoms. The largest absolute Gasteiger partial charge is 0.355 e. The number of hydrogen-bond acceptors (Lipinski definition) is 3. The third kappa shape index (κ3) is 3.27. The molecule has 4 heteroatoms. The lowest BCUT2D eigenvalue weighted by atomic mass is 10.1. The Balaban J connectivity index is 2.21. The second-order valence-corrected chi connectivity index (χ2v) is 3.73. The molecule has 0 radical (unpaired) electrons. The van der Waals surface area contributed by atoms with E-state index in [9.17, 15) is 4.79 Å². The van der Waals surface area contributed by atoms with Crippen LogP contribution in [0.25, 0.3) is 0 Å². The molecule has 1 aliphatic heterocycles. The number of likely N-dealkylation sites (N-methyl/N-ethyl adjacent to an activating group) is 1. The summed E-state index contributed by atoms with van der Waals surface area (Å²) >= 11 is 0. The number of nitrogens with zero attached hydrogens (tertiary/aromatic N) is 1. The molecule has 0 aromatic carbocycles. The summed E-state index contributed by atoms with van der Waals surface area (Å²) in [5.41, 5.74) is 0. The number of nitrogens with one attached hydrogen (secondary N) is 2. The molecule has 1 saturated heterocycles. The van der Waals surface area contributed by atoms with E-state index >= 15 is 0 Å². The van der Waals surface area contributed by atoms with Crippen molar-refractivity contribution in [3.63, 3.8) is 0 Å². The van der Waals surface area contributed by atoms with Gasteiger partial charge >= 0.3 is 0 Å². The topological polar surface area (TPSA) is 44.4 Å². The van der Waals surface area contributed by atoms with Crippen LogP contribution < -0.4 is 10.6 Å². The Labute approximate surface area is 86.0 Å². The molecule has 4 nitrogen and oxygen atoms in total. The van der Waals surface area contributed by atoms with Crippen molar-refractivity contribution in [2.75, 3.05) is 32.7 Å². The fraction of sp³-hybridized carbons (Fsp3) is 0.900. The number of amides is 1. The van der Waals surface area contributed by atoms with Crippen molar-refractivity contribution in [1.82, 2.24) is 15.5 Å². The molecule has 0 aliphatic carbocycles. The van der Waals surface area contributed by atoms with Gasteiger partial charge in [-0.05, 0) is 13.0 Å². The highest BCUT2D eigenvalue weighted by Crippen LogP contribution is 2.03. The predicted molar refractivity (Wildman–Crippen MR) is 57.2 cm³/mol. The molecule has 0 aromatic rings. The van der Waals surface area contributed by atoms with Gasteiger partial charge in [0.15, 0.2) is 0 Å². The van der Waals surface area contributed by atoms with Crippen LogP contribution in [0.5, 0.6) is 0 Å². The average Bonchev–Trinajstić information content (AvgIpc) is 2.10. The van der Waals surface area contributed by atoms with Gasteiger partial charge in [-0.25, -0.2) is 0 Å². The standard InChI is InChI=1S/C10H21N3O/c1-3-5-12-10(14)8-13(4-2)9-6-11-7-9/h9,11H,3-8H2,1-2H3,(H,12,14). The Kier molecular flexibility index (Phi) is 4.90. The fourth-order valence-corrected chi connectivity index (χ4v) is 1.54. The van der Waals surface area contributed by atoms with Gasteiger partial charge < -0.3 is 10.6 Å². The lowest BCUT2D eigenvalue weighted by Crippen LogP contribution is -2.58. The molecule has 1 rings (SSSR count). The van der Waals surface area contributed by atoms with Gasteiger partial charge in [0.1, 0.15) is 0 Å². The van der Waals surface area contributed by atoms with Gasteiger partial charge in [-0.2, -0.15) is 0 Å². The van der Waals surface area contributed by atoms with E-state index in [1.165, 1.54) is 0 Å². The zero-order valence-electron chi connectivity index (χ0n) is 9.18. The first-order valence-electron chi connectivity index (χ1n) is 5.49. The summed E-state index contributed by atoms with van der Waals surface area (Å²) in [6, 6.07) is 0.562. The van der Waals surface area contributed by atoms with Gasteiger partial charge in [0.05, 0.1) is 6.54 Å². The molecule has 1 amide bonds. The van der Waals surface area contributed by atoms with Gasteiger partial charge in [-0.1, -0.05) is 13.8 Å². The number of hydrogen-bond donors (Lipinski definition) is 2. The molecule has 1 fully saturated rings. The summed E-state index contributed by atoms with van der Waals surface area (Å²) in [5.74, 6) is 0.153. The van der Waals surface area contributed by atoms with E-state index in [2.05, 4.69) is 29.4 Å². The Bertz CT molecular complexity index is 180. The van der Waals surface area contributed by atoms with Crippen LogP contribution in [0.2, 0.25) is 0 Å². The normalized spacial score (nSPS) is 16.8. The van der Waals surface area contributed by atoms with Crippen molar-refractivity contribution in [2.45, 2.75) is 26.3 Å². The highest BCUT2D eigenvalue weighted by molar-refractivity contribution is 5.78. The van der Waals surface area contributed by atoms with Crippen molar-refractivity contribution in [3.8, 4) is 0 Å². The van der Waals surface area contributed by atoms with Crippen LogP contribution >= 0.6 is 0 Å². The third-order valence-electron chi connectivity index (χ3n) is 2.60. The minimum Gasteiger partial charge on any atom is -0.355 e. The minimum atomic E-state index is 0.153. The maximum Gasteiger partial charge on any atom is 0.234 e. The fourth-order valence-electron chi connectivity index (χ4n) is 1.54. The van der Waals surface area contributed by atoms with E-state index < -0.39 is 0 Å². The van der Waals surface area contributed by atoms with E-state index in [0.717, 1.165) is 32.6 Å². The lowest BCUT2D eigenvalue weighted by molar-refractivity contribution is -0.123. The maximum atomic E-state index is 11.4. The number of carbonyl (C=O) groups is 1. The Hall–Kier alpha value is -0.610. The molecule has 0 atom stereocenters. The number of carbonyl (C=O) groups excluding carboxylic acids is 1. The van der Waals surface area contributed by atoms with Crippen LogP contribution in [0.15, 0.2) is 0 Å². The first-order chi connectivity index (χ1) is 6.77. The Morgan fingerprint density at radius 1 is 1.50 bits per heavy atom. The van der Waals surface area contributed by atoms with E-state index in [1.54, 1.807) is 0 Å². The third-order valence-corrected chi connectivity index (χ3v) is 2.60. The Morgan fingerprint density at radius 3 is 2.64 bits per heavy atom. The number of rotatable bonds is 6. The van der Waals surface area contributed by atoms with Crippen LogP contribution in [0.4, 0.5) is 0 Å². The average molecular weight is 199 g/mol. The molecule has 1 heterocycles. The van der Waals surface area contributed by atoms with Crippen LogP contribution in [0, 0.1) is 0 Å². The summed E-state index contributed by atoms with van der Waals surface area (Å²) < 4.78 is 0. The zero-order valence-corrected chi connectivity index (χ0v) is 9.18. The highest BCUT2D eigenvalue weighted by Gasteiger charge is 2.24.